The zero-order valence-corrected chi connectivity index (χ0v) is 17.0. The summed E-state index contributed by atoms with van der Waals surface area (Å²) in [5.74, 6) is -1.40. The van der Waals surface area contributed by atoms with E-state index in [1.165, 1.54) is 16.2 Å². The van der Waals surface area contributed by atoms with Crippen LogP contribution in [0.1, 0.15) is 26.8 Å². The van der Waals surface area contributed by atoms with Gasteiger partial charge in [-0.3, -0.25) is 9.59 Å². The van der Waals surface area contributed by atoms with Crippen molar-refractivity contribution in [1.29, 1.82) is 0 Å². The van der Waals surface area contributed by atoms with E-state index in [9.17, 15) is 14.7 Å². The third kappa shape index (κ3) is 3.71. The summed E-state index contributed by atoms with van der Waals surface area (Å²) in [5, 5.41) is 12.9. The van der Waals surface area contributed by atoms with Crippen LogP contribution < -0.4 is 0 Å². The van der Waals surface area contributed by atoms with E-state index in [2.05, 4.69) is 0 Å². The number of nitrogens with zero attached hydrogens (tertiary/aromatic N) is 1. The van der Waals surface area contributed by atoms with Gasteiger partial charge in [0.2, 0.25) is 5.78 Å². The maximum atomic E-state index is 13.1. The minimum absolute atomic E-state index is 0.0820. The van der Waals surface area contributed by atoms with Gasteiger partial charge in [0.25, 0.3) is 5.91 Å². The molecule has 1 N–H and O–H groups in total. The third-order valence-corrected chi connectivity index (χ3v) is 6.19. The van der Waals surface area contributed by atoms with Crippen LogP contribution in [0.5, 0.6) is 0 Å². The van der Waals surface area contributed by atoms with Crippen LogP contribution in [0.15, 0.2) is 83.4 Å². The zero-order chi connectivity index (χ0) is 20.4. The van der Waals surface area contributed by atoms with Gasteiger partial charge in [-0.25, -0.2) is 0 Å². The maximum absolute atomic E-state index is 13.1. The van der Waals surface area contributed by atoms with Crippen molar-refractivity contribution in [3.63, 3.8) is 0 Å². The first-order valence-corrected chi connectivity index (χ1v) is 10.4. The molecule has 1 aliphatic heterocycles. The minimum atomic E-state index is -0.727. The summed E-state index contributed by atoms with van der Waals surface area (Å²) >= 11 is 7.70. The van der Waals surface area contributed by atoms with Gasteiger partial charge in [-0.1, -0.05) is 66.2 Å². The molecule has 3 aromatic rings. The van der Waals surface area contributed by atoms with E-state index < -0.39 is 17.7 Å². The predicted molar refractivity (Wildman–Crippen MR) is 114 cm³/mol. The molecule has 1 atom stereocenters. The maximum Gasteiger partial charge on any atom is 0.290 e. The molecule has 29 heavy (non-hydrogen) atoms. The Hall–Kier alpha value is -2.89. The number of aliphatic hydroxyl groups excluding tert-OH is 1. The zero-order valence-electron chi connectivity index (χ0n) is 15.4. The van der Waals surface area contributed by atoms with Gasteiger partial charge in [-0.15, -0.1) is 11.3 Å². The number of hydrogen-bond donors (Lipinski definition) is 1. The van der Waals surface area contributed by atoms with E-state index in [0.29, 0.717) is 28.4 Å². The summed E-state index contributed by atoms with van der Waals surface area (Å²) < 4.78 is 0. The average molecular weight is 424 g/mol. The van der Waals surface area contributed by atoms with Gasteiger partial charge in [0.05, 0.1) is 16.5 Å². The second-order valence-corrected chi connectivity index (χ2v) is 8.08. The van der Waals surface area contributed by atoms with E-state index in [0.717, 1.165) is 5.56 Å². The summed E-state index contributed by atoms with van der Waals surface area (Å²) in [6.07, 6.45) is 0.598. The molecule has 146 valence electrons. The molecule has 0 bridgehead atoms. The molecule has 0 aliphatic carbocycles. The molecule has 0 spiro atoms. The Morgan fingerprint density at radius 2 is 1.76 bits per heavy atom. The Morgan fingerprint density at radius 3 is 2.45 bits per heavy atom. The highest BCUT2D eigenvalue weighted by Gasteiger charge is 2.44. The van der Waals surface area contributed by atoms with Crippen molar-refractivity contribution in [2.75, 3.05) is 6.54 Å². The monoisotopic (exact) mass is 423 g/mol. The van der Waals surface area contributed by atoms with Crippen LogP contribution in [0.3, 0.4) is 0 Å². The fraction of sp³-hybridized carbons (Fsp3) is 0.130. The predicted octanol–water partition coefficient (Wildman–Crippen LogP) is 5.22. The summed E-state index contributed by atoms with van der Waals surface area (Å²) in [7, 11) is 0. The second kappa shape index (κ2) is 8.23. The summed E-state index contributed by atoms with van der Waals surface area (Å²) in [4.78, 5) is 28.1. The number of hydrogen-bond acceptors (Lipinski definition) is 4. The first kappa shape index (κ1) is 19.4. The van der Waals surface area contributed by atoms with Crippen LogP contribution in [0.2, 0.25) is 5.02 Å². The smallest absolute Gasteiger partial charge is 0.290 e. The number of ketones is 1. The molecule has 2 heterocycles. The lowest BCUT2D eigenvalue weighted by molar-refractivity contribution is -0.129. The first-order chi connectivity index (χ1) is 14.1. The van der Waals surface area contributed by atoms with Crippen LogP contribution in [-0.4, -0.2) is 28.2 Å². The van der Waals surface area contributed by atoms with Gasteiger partial charge in [0.1, 0.15) is 0 Å². The number of Topliss-reactive ketones (excluding diaryl/α,β-unsaturated/α-hetero) is 1. The number of benzene rings is 2. The molecule has 0 radical (unpaired) electrons. The Kier molecular flexibility index (Phi) is 5.51. The normalized spacial score (nSPS) is 16.5. The largest absolute Gasteiger partial charge is 0.503 e. The van der Waals surface area contributed by atoms with Gasteiger partial charge in [-0.05, 0) is 35.1 Å². The summed E-state index contributed by atoms with van der Waals surface area (Å²) in [5.41, 5.74) is 1.77. The van der Waals surface area contributed by atoms with Gasteiger partial charge in [0, 0.05) is 11.6 Å². The lowest BCUT2D eigenvalue weighted by Crippen LogP contribution is -2.33. The number of carbonyl (C=O) groups is 2. The standard InChI is InChI=1S/C23H18ClNO3S/c24-17-10-5-4-9-16(17)20-19(21(26)18-11-6-14-29-18)22(27)23(28)25(20)13-12-15-7-2-1-3-8-15/h1-11,14,20,27H,12-13H2/t20-/m1/s1. The molecule has 1 aromatic heterocycles. The molecular formula is C23H18ClNO3S. The first-order valence-electron chi connectivity index (χ1n) is 9.18. The van der Waals surface area contributed by atoms with Gasteiger partial charge in [-0.2, -0.15) is 0 Å². The minimum Gasteiger partial charge on any atom is -0.503 e. The van der Waals surface area contributed by atoms with E-state index in [-0.39, 0.29) is 11.4 Å². The highest BCUT2D eigenvalue weighted by Crippen LogP contribution is 2.41. The second-order valence-electron chi connectivity index (χ2n) is 6.73. The molecule has 4 rings (SSSR count). The highest BCUT2D eigenvalue weighted by atomic mass is 35.5. The molecule has 1 aliphatic rings. The summed E-state index contributed by atoms with van der Waals surface area (Å²) in [6.45, 7) is 0.351. The molecule has 6 heteroatoms. The molecule has 0 fully saturated rings. The molecule has 1 amide bonds. The number of carbonyl (C=O) groups excluding carboxylic acids is 2. The van der Waals surface area contributed by atoms with E-state index in [1.807, 2.05) is 36.4 Å². The Labute approximate surface area is 177 Å². The lowest BCUT2D eigenvalue weighted by Gasteiger charge is -2.27. The fourth-order valence-electron chi connectivity index (χ4n) is 3.57. The number of amides is 1. The Morgan fingerprint density at radius 1 is 1.03 bits per heavy atom. The lowest BCUT2D eigenvalue weighted by atomic mass is 9.95. The van der Waals surface area contributed by atoms with Crippen LogP contribution >= 0.6 is 22.9 Å². The number of halogens is 1. The van der Waals surface area contributed by atoms with Crippen molar-refractivity contribution in [3.05, 3.63) is 104 Å². The summed E-state index contributed by atoms with van der Waals surface area (Å²) in [6, 6.07) is 19.6. The number of aliphatic hydroxyl groups is 1. The number of rotatable bonds is 6. The molecular weight excluding hydrogens is 406 g/mol. The Bertz CT molecular complexity index is 1080. The van der Waals surface area contributed by atoms with Gasteiger partial charge >= 0.3 is 0 Å². The van der Waals surface area contributed by atoms with Gasteiger partial charge < -0.3 is 10.0 Å². The van der Waals surface area contributed by atoms with Crippen molar-refractivity contribution >= 4 is 34.6 Å². The van der Waals surface area contributed by atoms with Crippen LogP contribution in [-0.2, 0) is 11.2 Å². The molecule has 0 saturated heterocycles. The SMILES string of the molecule is O=C(C1=C(O)C(=O)N(CCc2ccccc2)[C@@H]1c1ccccc1Cl)c1cccs1. The third-order valence-electron chi connectivity index (χ3n) is 4.98. The topological polar surface area (TPSA) is 57.6 Å². The molecule has 0 saturated carbocycles. The van der Waals surface area contributed by atoms with E-state index in [1.54, 1.807) is 35.7 Å². The van der Waals surface area contributed by atoms with Crippen molar-refractivity contribution in [2.24, 2.45) is 0 Å². The molecule has 0 unspecified atom stereocenters. The van der Waals surface area contributed by atoms with Crippen molar-refractivity contribution in [3.8, 4) is 0 Å². The number of thiophene rings is 1. The van der Waals surface area contributed by atoms with Crippen molar-refractivity contribution in [1.82, 2.24) is 4.90 Å². The molecule has 4 nitrogen and oxygen atoms in total. The molecule has 2 aromatic carbocycles. The quantitative estimate of drug-likeness (QED) is 0.553. The van der Waals surface area contributed by atoms with Crippen LogP contribution in [0, 0.1) is 0 Å². The van der Waals surface area contributed by atoms with Gasteiger partial charge in [0.15, 0.2) is 5.76 Å². The van der Waals surface area contributed by atoms with Crippen molar-refractivity contribution < 1.29 is 14.7 Å². The average Bonchev–Trinajstić information content (AvgIpc) is 3.35. The van der Waals surface area contributed by atoms with E-state index >= 15 is 0 Å². The Balaban J connectivity index is 1.74. The van der Waals surface area contributed by atoms with Crippen LogP contribution in [0.4, 0.5) is 0 Å². The van der Waals surface area contributed by atoms with Crippen LogP contribution in [0.25, 0.3) is 0 Å². The fourth-order valence-corrected chi connectivity index (χ4v) is 4.49. The highest BCUT2D eigenvalue weighted by molar-refractivity contribution is 7.12. The van der Waals surface area contributed by atoms with Crippen molar-refractivity contribution in [2.45, 2.75) is 12.5 Å². The van der Waals surface area contributed by atoms with E-state index in [4.69, 9.17) is 11.6 Å².